The molecule has 0 radical (unpaired) electrons. The summed E-state index contributed by atoms with van der Waals surface area (Å²) in [5.74, 6) is 0.635. The van der Waals surface area contributed by atoms with Crippen molar-refractivity contribution in [1.29, 1.82) is 0 Å². The van der Waals surface area contributed by atoms with Crippen LogP contribution < -0.4 is 10.0 Å². The maximum atomic E-state index is 12.3. The highest BCUT2D eigenvalue weighted by atomic mass is 32.2. The highest BCUT2D eigenvalue weighted by Gasteiger charge is 2.37. The van der Waals surface area contributed by atoms with Crippen LogP contribution in [0.4, 0.5) is 0 Å². The molecule has 1 unspecified atom stereocenters. The minimum Gasteiger partial charge on any atom is -0.315 e. The van der Waals surface area contributed by atoms with Crippen molar-refractivity contribution in [2.24, 2.45) is 11.3 Å². The maximum Gasteiger partial charge on any atom is 0.215 e. The summed E-state index contributed by atoms with van der Waals surface area (Å²) in [4.78, 5) is 0. The van der Waals surface area contributed by atoms with E-state index >= 15 is 0 Å². The molecule has 2 fully saturated rings. The van der Waals surface area contributed by atoms with E-state index in [-0.39, 0.29) is 10.7 Å². The lowest BCUT2D eigenvalue weighted by Gasteiger charge is -2.31. The fourth-order valence-corrected chi connectivity index (χ4v) is 5.22. The zero-order valence-corrected chi connectivity index (χ0v) is 13.1. The van der Waals surface area contributed by atoms with E-state index in [0.29, 0.717) is 19.0 Å². The molecule has 0 aromatic rings. The van der Waals surface area contributed by atoms with Crippen LogP contribution in [0.3, 0.4) is 0 Å². The van der Waals surface area contributed by atoms with Crippen molar-refractivity contribution in [1.82, 2.24) is 10.0 Å². The Balaban J connectivity index is 1.95. The first-order chi connectivity index (χ1) is 8.94. The number of hydrogen-bond donors (Lipinski definition) is 2. The minimum atomic E-state index is -3.13. The third-order valence-corrected chi connectivity index (χ3v) is 6.43. The van der Waals surface area contributed by atoms with Gasteiger partial charge in [-0.15, -0.1) is 0 Å². The van der Waals surface area contributed by atoms with Crippen molar-refractivity contribution in [2.45, 2.75) is 57.6 Å². The summed E-state index contributed by atoms with van der Waals surface area (Å²) >= 11 is 0. The van der Waals surface area contributed by atoms with Crippen LogP contribution in [0.25, 0.3) is 0 Å². The summed E-state index contributed by atoms with van der Waals surface area (Å²) in [7, 11) is -3.13. The van der Waals surface area contributed by atoms with Gasteiger partial charge < -0.3 is 5.32 Å². The van der Waals surface area contributed by atoms with Gasteiger partial charge in [-0.05, 0) is 43.6 Å². The zero-order valence-electron chi connectivity index (χ0n) is 12.2. The van der Waals surface area contributed by atoms with E-state index in [1.54, 1.807) is 0 Å². The molecule has 1 saturated heterocycles. The molecule has 1 heterocycles. The van der Waals surface area contributed by atoms with Crippen LogP contribution in [0.15, 0.2) is 0 Å². The molecule has 2 N–H and O–H groups in total. The van der Waals surface area contributed by atoms with E-state index in [1.165, 1.54) is 25.7 Å². The molecule has 112 valence electrons. The molecule has 0 amide bonds. The van der Waals surface area contributed by atoms with E-state index < -0.39 is 10.0 Å². The minimum absolute atomic E-state index is 0.216. The Morgan fingerprint density at radius 1 is 1.32 bits per heavy atom. The SMILES string of the molecule is CC(C)CC1(CNS(=O)(=O)C2CCNC2)CCCC1. The molecule has 19 heavy (non-hydrogen) atoms. The highest BCUT2D eigenvalue weighted by Crippen LogP contribution is 2.42. The summed E-state index contributed by atoms with van der Waals surface area (Å²) in [5, 5.41) is 2.90. The summed E-state index contributed by atoms with van der Waals surface area (Å²) in [6.45, 7) is 6.53. The smallest absolute Gasteiger partial charge is 0.215 e. The second kappa shape index (κ2) is 6.10. The number of hydrogen-bond acceptors (Lipinski definition) is 3. The molecular formula is C14H28N2O2S. The van der Waals surface area contributed by atoms with Gasteiger partial charge in [-0.1, -0.05) is 26.7 Å². The lowest BCUT2D eigenvalue weighted by Crippen LogP contribution is -2.42. The topological polar surface area (TPSA) is 58.2 Å². The number of nitrogens with one attached hydrogen (secondary N) is 2. The highest BCUT2D eigenvalue weighted by molar-refractivity contribution is 7.90. The van der Waals surface area contributed by atoms with Gasteiger partial charge in [-0.3, -0.25) is 0 Å². The fourth-order valence-electron chi connectivity index (χ4n) is 3.71. The Labute approximate surface area is 117 Å². The van der Waals surface area contributed by atoms with Crippen LogP contribution >= 0.6 is 0 Å². The van der Waals surface area contributed by atoms with Gasteiger partial charge in [0.05, 0.1) is 5.25 Å². The maximum absolute atomic E-state index is 12.3. The molecule has 1 atom stereocenters. The number of rotatable bonds is 6. The lowest BCUT2D eigenvalue weighted by molar-refractivity contribution is 0.236. The van der Waals surface area contributed by atoms with Gasteiger partial charge in [0.2, 0.25) is 10.0 Å². The summed E-state index contributed by atoms with van der Waals surface area (Å²) in [6.07, 6.45) is 6.73. The van der Waals surface area contributed by atoms with Crippen molar-refractivity contribution in [2.75, 3.05) is 19.6 Å². The van der Waals surface area contributed by atoms with Gasteiger partial charge >= 0.3 is 0 Å². The Kier molecular flexibility index (Phi) is 4.90. The van der Waals surface area contributed by atoms with Gasteiger partial charge in [-0.2, -0.15) is 0 Å². The molecule has 0 bridgehead atoms. The molecule has 4 nitrogen and oxygen atoms in total. The van der Waals surface area contributed by atoms with E-state index in [1.807, 2.05) is 0 Å². The Morgan fingerprint density at radius 3 is 2.53 bits per heavy atom. The van der Waals surface area contributed by atoms with Crippen LogP contribution in [-0.2, 0) is 10.0 Å². The van der Waals surface area contributed by atoms with Gasteiger partial charge in [0.1, 0.15) is 0 Å². The average molecular weight is 288 g/mol. The van der Waals surface area contributed by atoms with E-state index in [9.17, 15) is 8.42 Å². The lowest BCUT2D eigenvalue weighted by atomic mass is 9.79. The van der Waals surface area contributed by atoms with Crippen LogP contribution in [0, 0.1) is 11.3 Å². The fraction of sp³-hybridized carbons (Fsp3) is 1.00. The Morgan fingerprint density at radius 2 is 2.00 bits per heavy atom. The molecule has 5 heteroatoms. The monoisotopic (exact) mass is 288 g/mol. The van der Waals surface area contributed by atoms with Crippen molar-refractivity contribution >= 4 is 10.0 Å². The molecule has 0 spiro atoms. The molecule has 2 rings (SSSR count). The summed E-state index contributed by atoms with van der Waals surface area (Å²) in [5.41, 5.74) is 0.216. The molecule has 1 aliphatic carbocycles. The zero-order chi connectivity index (χ0) is 13.9. The van der Waals surface area contributed by atoms with Crippen LogP contribution in [0.1, 0.15) is 52.4 Å². The first-order valence-corrected chi connectivity index (χ1v) is 9.17. The van der Waals surface area contributed by atoms with Gasteiger partial charge in [0.25, 0.3) is 0 Å². The molecule has 0 aromatic carbocycles. The largest absolute Gasteiger partial charge is 0.315 e. The molecule has 0 aromatic heterocycles. The summed E-state index contributed by atoms with van der Waals surface area (Å²) < 4.78 is 27.5. The van der Waals surface area contributed by atoms with E-state index in [2.05, 4.69) is 23.9 Å². The van der Waals surface area contributed by atoms with Crippen LogP contribution in [-0.4, -0.2) is 33.3 Å². The van der Waals surface area contributed by atoms with Crippen molar-refractivity contribution < 1.29 is 8.42 Å². The normalized spacial score (nSPS) is 27.2. The summed E-state index contributed by atoms with van der Waals surface area (Å²) in [6, 6.07) is 0. The molecule has 1 saturated carbocycles. The molecule has 2 aliphatic rings. The van der Waals surface area contributed by atoms with Gasteiger partial charge in [0, 0.05) is 13.1 Å². The van der Waals surface area contributed by atoms with Crippen molar-refractivity contribution in [3.63, 3.8) is 0 Å². The standard InChI is InChI=1S/C14H28N2O2S/c1-12(2)9-14(6-3-4-7-14)11-16-19(17,18)13-5-8-15-10-13/h12-13,15-16H,3-11H2,1-2H3. The second-order valence-electron chi connectivity index (χ2n) is 6.79. The van der Waals surface area contributed by atoms with Crippen molar-refractivity contribution in [3.8, 4) is 0 Å². The predicted octanol–water partition coefficient (Wildman–Crippen LogP) is 1.87. The first-order valence-electron chi connectivity index (χ1n) is 7.63. The van der Waals surface area contributed by atoms with Crippen LogP contribution in [0.2, 0.25) is 0 Å². The van der Waals surface area contributed by atoms with E-state index in [0.717, 1.165) is 19.4 Å². The van der Waals surface area contributed by atoms with E-state index in [4.69, 9.17) is 0 Å². The first kappa shape index (κ1) is 15.3. The van der Waals surface area contributed by atoms with Crippen molar-refractivity contribution in [3.05, 3.63) is 0 Å². The predicted molar refractivity (Wildman–Crippen MR) is 78.6 cm³/mol. The number of sulfonamides is 1. The Hall–Kier alpha value is -0.130. The Bertz CT molecular complexity index is 380. The quantitative estimate of drug-likeness (QED) is 0.784. The van der Waals surface area contributed by atoms with Gasteiger partial charge in [0.15, 0.2) is 0 Å². The van der Waals surface area contributed by atoms with Crippen LogP contribution in [0.5, 0.6) is 0 Å². The third-order valence-electron chi connectivity index (χ3n) is 4.61. The van der Waals surface area contributed by atoms with Gasteiger partial charge in [-0.25, -0.2) is 13.1 Å². The third kappa shape index (κ3) is 3.92. The second-order valence-corrected chi connectivity index (χ2v) is 8.83. The molecule has 1 aliphatic heterocycles. The molecular weight excluding hydrogens is 260 g/mol. The average Bonchev–Trinajstić information content (AvgIpc) is 2.97.